The van der Waals surface area contributed by atoms with E-state index in [2.05, 4.69) is 17.1 Å². The van der Waals surface area contributed by atoms with E-state index in [-0.39, 0.29) is 11.6 Å². The maximum atomic E-state index is 12.2. The van der Waals surface area contributed by atoms with Crippen LogP contribution in [-0.4, -0.2) is 18.5 Å². The summed E-state index contributed by atoms with van der Waals surface area (Å²) in [5.74, 6) is 0.451. The van der Waals surface area contributed by atoms with Crippen LogP contribution in [0.15, 0.2) is 83.5 Å². The van der Waals surface area contributed by atoms with Gasteiger partial charge in [0.15, 0.2) is 5.70 Å². The first-order valence-corrected chi connectivity index (χ1v) is 10.1. The lowest BCUT2D eigenvalue weighted by Crippen LogP contribution is -2.05. The number of rotatable bonds is 6. The molecule has 150 valence electrons. The van der Waals surface area contributed by atoms with E-state index in [0.717, 1.165) is 17.7 Å². The van der Waals surface area contributed by atoms with Gasteiger partial charge in [-0.15, -0.1) is 0 Å². The molecule has 0 N–H and O–H groups in total. The fourth-order valence-electron chi connectivity index (χ4n) is 2.91. The molecule has 0 unspecified atom stereocenters. The molecule has 1 heterocycles. The number of halogens is 2. The number of carbonyl (C=O) groups excluding carboxylic acids is 1. The van der Waals surface area contributed by atoms with Crippen molar-refractivity contribution in [1.29, 1.82) is 0 Å². The van der Waals surface area contributed by atoms with Crippen LogP contribution in [0.25, 0.3) is 6.08 Å². The quantitative estimate of drug-likeness (QED) is 0.353. The van der Waals surface area contributed by atoms with Gasteiger partial charge in [-0.3, -0.25) is 0 Å². The minimum absolute atomic E-state index is 0.200. The Morgan fingerprint density at radius 3 is 2.43 bits per heavy atom. The molecule has 3 aromatic carbocycles. The third kappa shape index (κ3) is 4.90. The zero-order valence-electron chi connectivity index (χ0n) is 15.8. The SMILES string of the molecule is O=C1OC(c2ccc(Cl)c(Cl)c2)=N/C1=C\c1ccc(OCCc2ccccc2)cc1. The third-order valence-electron chi connectivity index (χ3n) is 4.47. The summed E-state index contributed by atoms with van der Waals surface area (Å²) in [6, 6.07) is 22.6. The molecular formula is C24H17Cl2NO3. The van der Waals surface area contributed by atoms with Crippen molar-refractivity contribution in [1.82, 2.24) is 0 Å². The van der Waals surface area contributed by atoms with E-state index in [9.17, 15) is 4.79 Å². The number of hydrogen-bond donors (Lipinski definition) is 0. The number of aliphatic imine (C=N–C) groups is 1. The summed E-state index contributed by atoms with van der Waals surface area (Å²) < 4.78 is 11.1. The number of cyclic esters (lactones) is 1. The molecule has 4 nitrogen and oxygen atoms in total. The maximum Gasteiger partial charge on any atom is 0.363 e. The van der Waals surface area contributed by atoms with Crippen molar-refractivity contribution in [2.24, 2.45) is 4.99 Å². The lowest BCUT2D eigenvalue weighted by molar-refractivity contribution is -0.129. The topological polar surface area (TPSA) is 47.9 Å². The van der Waals surface area contributed by atoms with Crippen molar-refractivity contribution in [3.05, 3.63) is 105 Å². The fraction of sp³-hybridized carbons (Fsp3) is 0.0833. The van der Waals surface area contributed by atoms with Gasteiger partial charge in [-0.25, -0.2) is 9.79 Å². The Bertz CT molecular complexity index is 1120. The molecule has 0 radical (unpaired) electrons. The molecule has 0 bridgehead atoms. The summed E-state index contributed by atoms with van der Waals surface area (Å²) in [5, 5.41) is 0.792. The highest BCUT2D eigenvalue weighted by atomic mass is 35.5. The van der Waals surface area contributed by atoms with Crippen LogP contribution >= 0.6 is 23.2 Å². The van der Waals surface area contributed by atoms with Gasteiger partial charge in [0.05, 0.1) is 16.7 Å². The van der Waals surface area contributed by atoms with Crippen LogP contribution in [-0.2, 0) is 16.0 Å². The van der Waals surface area contributed by atoms with E-state index in [0.29, 0.717) is 22.2 Å². The van der Waals surface area contributed by atoms with Gasteiger partial charge in [-0.05, 0) is 47.5 Å². The molecule has 0 amide bonds. The molecule has 0 saturated carbocycles. The van der Waals surface area contributed by atoms with E-state index in [1.807, 2.05) is 42.5 Å². The number of hydrogen-bond acceptors (Lipinski definition) is 4. The first-order valence-electron chi connectivity index (χ1n) is 9.33. The summed E-state index contributed by atoms with van der Waals surface area (Å²) in [5.41, 5.74) is 2.85. The van der Waals surface area contributed by atoms with Crippen LogP contribution in [0.3, 0.4) is 0 Å². The lowest BCUT2D eigenvalue weighted by atomic mass is 10.1. The molecule has 0 fully saturated rings. The molecule has 0 saturated heterocycles. The minimum atomic E-state index is -0.515. The summed E-state index contributed by atoms with van der Waals surface area (Å²) >= 11 is 12.0. The van der Waals surface area contributed by atoms with Gasteiger partial charge in [0.1, 0.15) is 5.75 Å². The second-order valence-electron chi connectivity index (χ2n) is 6.62. The van der Waals surface area contributed by atoms with Crippen molar-refractivity contribution in [3.8, 4) is 5.75 Å². The average Bonchev–Trinajstić information content (AvgIpc) is 3.12. The predicted molar refractivity (Wildman–Crippen MR) is 119 cm³/mol. The summed E-state index contributed by atoms with van der Waals surface area (Å²) in [6.07, 6.45) is 2.51. The second-order valence-corrected chi connectivity index (χ2v) is 7.43. The zero-order chi connectivity index (χ0) is 20.9. The Balaban J connectivity index is 1.42. The summed E-state index contributed by atoms with van der Waals surface area (Å²) in [4.78, 5) is 16.5. The number of carbonyl (C=O) groups is 1. The molecule has 1 aliphatic rings. The van der Waals surface area contributed by atoms with Gasteiger partial charge in [0.2, 0.25) is 5.90 Å². The van der Waals surface area contributed by atoms with Gasteiger partial charge in [-0.2, -0.15) is 0 Å². The number of benzene rings is 3. The van der Waals surface area contributed by atoms with Crippen LogP contribution in [0.5, 0.6) is 5.75 Å². The van der Waals surface area contributed by atoms with Gasteiger partial charge >= 0.3 is 5.97 Å². The Morgan fingerprint density at radius 1 is 0.933 bits per heavy atom. The highest BCUT2D eigenvalue weighted by Gasteiger charge is 2.24. The third-order valence-corrected chi connectivity index (χ3v) is 5.21. The number of nitrogens with zero attached hydrogens (tertiary/aromatic N) is 1. The highest BCUT2D eigenvalue weighted by molar-refractivity contribution is 6.42. The van der Waals surface area contributed by atoms with Crippen LogP contribution in [0, 0.1) is 0 Å². The molecule has 0 spiro atoms. The standard InChI is InChI=1S/C24H17Cl2NO3/c25-20-11-8-18(15-21(20)26)23-27-22(24(28)30-23)14-17-6-9-19(10-7-17)29-13-12-16-4-2-1-3-5-16/h1-11,14-15H,12-13H2/b22-14-. The first-order chi connectivity index (χ1) is 14.6. The second kappa shape index (κ2) is 9.16. The molecular weight excluding hydrogens is 421 g/mol. The smallest absolute Gasteiger partial charge is 0.363 e. The predicted octanol–water partition coefficient (Wildman–Crippen LogP) is 5.96. The number of ether oxygens (including phenoxy) is 2. The van der Waals surface area contributed by atoms with Crippen LogP contribution < -0.4 is 4.74 Å². The first kappa shape index (κ1) is 20.2. The molecule has 30 heavy (non-hydrogen) atoms. The lowest BCUT2D eigenvalue weighted by Gasteiger charge is -2.06. The van der Waals surface area contributed by atoms with E-state index in [1.165, 1.54) is 5.56 Å². The largest absolute Gasteiger partial charge is 0.493 e. The normalized spacial score (nSPS) is 14.5. The zero-order valence-corrected chi connectivity index (χ0v) is 17.4. The molecule has 6 heteroatoms. The Morgan fingerprint density at radius 2 is 1.70 bits per heavy atom. The maximum absolute atomic E-state index is 12.2. The van der Waals surface area contributed by atoms with E-state index in [4.69, 9.17) is 32.7 Å². The molecule has 0 atom stereocenters. The van der Waals surface area contributed by atoms with Crippen molar-refractivity contribution >= 4 is 41.1 Å². The molecule has 0 aliphatic carbocycles. The molecule has 4 rings (SSSR count). The Labute approximate surface area is 184 Å². The highest BCUT2D eigenvalue weighted by Crippen LogP contribution is 2.26. The van der Waals surface area contributed by atoms with Gasteiger partial charge < -0.3 is 9.47 Å². The van der Waals surface area contributed by atoms with Crippen LogP contribution in [0.2, 0.25) is 10.0 Å². The van der Waals surface area contributed by atoms with Crippen molar-refractivity contribution in [2.75, 3.05) is 6.61 Å². The monoisotopic (exact) mass is 437 g/mol. The Kier molecular flexibility index (Phi) is 6.17. The van der Waals surface area contributed by atoms with Crippen LogP contribution in [0.1, 0.15) is 16.7 Å². The van der Waals surface area contributed by atoms with Crippen LogP contribution in [0.4, 0.5) is 0 Å². The summed E-state index contributed by atoms with van der Waals surface area (Å²) in [6.45, 7) is 0.591. The van der Waals surface area contributed by atoms with Crippen molar-refractivity contribution < 1.29 is 14.3 Å². The average molecular weight is 438 g/mol. The van der Waals surface area contributed by atoms with E-state index in [1.54, 1.807) is 24.3 Å². The molecule has 0 aromatic heterocycles. The van der Waals surface area contributed by atoms with Gasteiger partial charge in [0.25, 0.3) is 0 Å². The van der Waals surface area contributed by atoms with Gasteiger partial charge in [-0.1, -0.05) is 65.7 Å². The van der Waals surface area contributed by atoms with Crippen molar-refractivity contribution in [2.45, 2.75) is 6.42 Å². The minimum Gasteiger partial charge on any atom is -0.493 e. The van der Waals surface area contributed by atoms with Gasteiger partial charge in [0, 0.05) is 12.0 Å². The Hall–Kier alpha value is -3.08. The van der Waals surface area contributed by atoms with E-state index < -0.39 is 5.97 Å². The summed E-state index contributed by atoms with van der Waals surface area (Å²) in [7, 11) is 0. The molecule has 3 aromatic rings. The molecule has 1 aliphatic heterocycles. The fourth-order valence-corrected chi connectivity index (χ4v) is 3.21. The van der Waals surface area contributed by atoms with Crippen molar-refractivity contribution in [3.63, 3.8) is 0 Å². The van der Waals surface area contributed by atoms with E-state index >= 15 is 0 Å². The number of esters is 1.